The van der Waals surface area contributed by atoms with E-state index in [-0.39, 0.29) is 25.5 Å². The van der Waals surface area contributed by atoms with Crippen molar-refractivity contribution in [3.8, 4) is 0 Å². The zero-order valence-electron chi connectivity index (χ0n) is 9.91. The van der Waals surface area contributed by atoms with E-state index in [9.17, 15) is 9.59 Å². The predicted molar refractivity (Wildman–Crippen MR) is 63.6 cm³/mol. The molecule has 2 rings (SSSR count). The lowest BCUT2D eigenvalue weighted by Gasteiger charge is -2.20. The van der Waals surface area contributed by atoms with Crippen LogP contribution in [0.1, 0.15) is 18.4 Å². The highest BCUT2D eigenvalue weighted by atomic mass is 16.6. The quantitative estimate of drug-likeness (QED) is 0.877. The molecule has 96 valence electrons. The number of aliphatic hydroxyl groups is 1. The maximum Gasteiger partial charge on any atom is 0.417 e. The highest BCUT2D eigenvalue weighted by molar-refractivity contribution is 5.94. The number of carbonyl (C=O) groups is 2. The van der Waals surface area contributed by atoms with Gasteiger partial charge in [-0.1, -0.05) is 30.3 Å². The van der Waals surface area contributed by atoms with E-state index in [1.165, 1.54) is 0 Å². The lowest BCUT2D eigenvalue weighted by molar-refractivity contribution is -0.127. The summed E-state index contributed by atoms with van der Waals surface area (Å²) in [6.07, 6.45) is 0.0990. The molecule has 1 fully saturated rings. The number of hydrogen-bond acceptors (Lipinski definition) is 4. The summed E-state index contributed by atoms with van der Waals surface area (Å²) < 4.78 is 5.07. The summed E-state index contributed by atoms with van der Waals surface area (Å²) in [5.41, 5.74) is 0.859. The van der Waals surface area contributed by atoms with Crippen LogP contribution in [0.15, 0.2) is 30.3 Å². The van der Waals surface area contributed by atoms with E-state index in [4.69, 9.17) is 9.84 Å². The molecule has 1 aromatic rings. The Balaban J connectivity index is 1.93. The molecule has 18 heavy (non-hydrogen) atoms. The number of hydrogen-bond donors (Lipinski definition) is 1. The Labute approximate surface area is 105 Å². The van der Waals surface area contributed by atoms with Gasteiger partial charge in [0.1, 0.15) is 6.61 Å². The lowest BCUT2D eigenvalue weighted by Crippen LogP contribution is -2.40. The van der Waals surface area contributed by atoms with Crippen molar-refractivity contribution in [1.82, 2.24) is 4.90 Å². The minimum atomic E-state index is -0.680. The molecule has 5 heteroatoms. The standard InChI is InChI=1S/C13H15NO4/c15-8-11-6-7-12(16)14(11)13(17)18-9-10-4-2-1-3-5-10/h1-5,11,15H,6-9H2/t11-/m0/s1. The molecule has 1 heterocycles. The van der Waals surface area contributed by atoms with Crippen molar-refractivity contribution in [1.29, 1.82) is 0 Å². The molecule has 1 aliphatic heterocycles. The van der Waals surface area contributed by atoms with E-state index in [1.807, 2.05) is 30.3 Å². The highest BCUT2D eigenvalue weighted by Gasteiger charge is 2.36. The minimum Gasteiger partial charge on any atom is -0.444 e. The van der Waals surface area contributed by atoms with Gasteiger partial charge in [-0.3, -0.25) is 4.79 Å². The van der Waals surface area contributed by atoms with Gasteiger partial charge in [0.2, 0.25) is 5.91 Å². The number of benzene rings is 1. The summed E-state index contributed by atoms with van der Waals surface area (Å²) in [4.78, 5) is 24.3. The Morgan fingerprint density at radius 1 is 1.39 bits per heavy atom. The number of nitrogens with zero attached hydrogens (tertiary/aromatic N) is 1. The Bertz CT molecular complexity index is 432. The number of imide groups is 1. The maximum atomic E-state index is 11.8. The van der Waals surface area contributed by atoms with Crippen LogP contribution >= 0.6 is 0 Å². The van der Waals surface area contributed by atoms with Gasteiger partial charge in [-0.2, -0.15) is 0 Å². The molecule has 5 nitrogen and oxygen atoms in total. The van der Waals surface area contributed by atoms with Crippen molar-refractivity contribution in [3.63, 3.8) is 0 Å². The molecule has 1 saturated heterocycles. The summed E-state index contributed by atoms with van der Waals surface area (Å²) in [6, 6.07) is 8.80. The first kappa shape index (κ1) is 12.6. The Hall–Kier alpha value is -1.88. The molecule has 1 aliphatic rings. The monoisotopic (exact) mass is 249 g/mol. The number of amides is 2. The van der Waals surface area contributed by atoms with Crippen molar-refractivity contribution in [2.75, 3.05) is 6.61 Å². The van der Waals surface area contributed by atoms with Gasteiger partial charge in [0.25, 0.3) is 0 Å². The fraction of sp³-hybridized carbons (Fsp3) is 0.385. The molecule has 0 aromatic heterocycles. The fourth-order valence-electron chi connectivity index (χ4n) is 1.96. The van der Waals surface area contributed by atoms with Gasteiger partial charge in [0.05, 0.1) is 12.6 Å². The molecule has 2 amide bonds. The first-order valence-corrected chi connectivity index (χ1v) is 5.86. The summed E-state index contributed by atoms with van der Waals surface area (Å²) >= 11 is 0. The van der Waals surface area contributed by atoms with Crippen LogP contribution in [-0.4, -0.2) is 34.7 Å². The third-order valence-electron chi connectivity index (χ3n) is 2.94. The highest BCUT2D eigenvalue weighted by Crippen LogP contribution is 2.19. The topological polar surface area (TPSA) is 66.8 Å². The summed E-state index contributed by atoms with van der Waals surface area (Å²) in [5, 5.41) is 9.09. The summed E-state index contributed by atoms with van der Waals surface area (Å²) in [6.45, 7) is -0.0895. The third kappa shape index (κ3) is 2.68. The second-order valence-electron chi connectivity index (χ2n) is 4.18. The van der Waals surface area contributed by atoms with E-state index < -0.39 is 12.1 Å². The zero-order valence-corrected chi connectivity index (χ0v) is 9.91. The second kappa shape index (κ2) is 5.64. The second-order valence-corrected chi connectivity index (χ2v) is 4.18. The Morgan fingerprint density at radius 2 is 2.11 bits per heavy atom. The molecular weight excluding hydrogens is 234 g/mol. The predicted octanol–water partition coefficient (Wildman–Crippen LogP) is 1.31. The fourth-order valence-corrected chi connectivity index (χ4v) is 1.96. The Morgan fingerprint density at radius 3 is 2.78 bits per heavy atom. The van der Waals surface area contributed by atoms with Gasteiger partial charge >= 0.3 is 6.09 Å². The molecule has 0 aliphatic carbocycles. The largest absolute Gasteiger partial charge is 0.444 e. The maximum absolute atomic E-state index is 11.8. The minimum absolute atomic E-state index is 0.127. The van der Waals surface area contributed by atoms with Crippen LogP contribution in [-0.2, 0) is 16.1 Å². The van der Waals surface area contributed by atoms with Crippen LogP contribution < -0.4 is 0 Å². The van der Waals surface area contributed by atoms with E-state index in [0.717, 1.165) is 10.5 Å². The van der Waals surface area contributed by atoms with Crippen LogP contribution in [0.25, 0.3) is 0 Å². The first-order chi connectivity index (χ1) is 8.72. The van der Waals surface area contributed by atoms with Crippen LogP contribution in [0.2, 0.25) is 0 Å². The van der Waals surface area contributed by atoms with Crippen molar-refractivity contribution in [2.45, 2.75) is 25.5 Å². The van der Waals surface area contributed by atoms with Crippen molar-refractivity contribution in [3.05, 3.63) is 35.9 Å². The molecule has 1 atom stereocenters. The van der Waals surface area contributed by atoms with Crippen LogP contribution in [0.4, 0.5) is 4.79 Å². The average Bonchev–Trinajstić information content (AvgIpc) is 2.78. The van der Waals surface area contributed by atoms with Gasteiger partial charge in [-0.05, 0) is 12.0 Å². The lowest BCUT2D eigenvalue weighted by atomic mass is 10.2. The SMILES string of the molecule is O=C1CC[C@@H](CO)N1C(=O)OCc1ccccc1. The van der Waals surface area contributed by atoms with Crippen LogP contribution in [0.5, 0.6) is 0 Å². The summed E-state index contributed by atoms with van der Waals surface area (Å²) in [7, 11) is 0. The number of ether oxygens (including phenoxy) is 1. The van der Waals surface area contributed by atoms with Crippen LogP contribution in [0, 0.1) is 0 Å². The van der Waals surface area contributed by atoms with E-state index in [2.05, 4.69) is 0 Å². The molecule has 0 bridgehead atoms. The van der Waals surface area contributed by atoms with Gasteiger partial charge < -0.3 is 9.84 Å². The smallest absolute Gasteiger partial charge is 0.417 e. The molecule has 1 N–H and O–H groups in total. The van der Waals surface area contributed by atoms with Gasteiger partial charge in [-0.15, -0.1) is 0 Å². The van der Waals surface area contributed by atoms with Crippen molar-refractivity contribution >= 4 is 12.0 Å². The number of rotatable bonds is 3. The molecule has 0 unspecified atom stereocenters. The molecule has 0 saturated carbocycles. The first-order valence-electron chi connectivity index (χ1n) is 5.86. The number of aliphatic hydroxyl groups excluding tert-OH is 1. The van der Waals surface area contributed by atoms with Gasteiger partial charge in [0, 0.05) is 6.42 Å². The van der Waals surface area contributed by atoms with Gasteiger partial charge in [-0.25, -0.2) is 9.69 Å². The van der Waals surface area contributed by atoms with Crippen molar-refractivity contribution < 1.29 is 19.4 Å². The Kier molecular flexibility index (Phi) is 3.94. The molecule has 0 radical (unpaired) electrons. The molecule has 0 spiro atoms. The van der Waals surface area contributed by atoms with E-state index >= 15 is 0 Å². The number of likely N-dealkylation sites (tertiary alicyclic amines) is 1. The third-order valence-corrected chi connectivity index (χ3v) is 2.94. The molecular formula is C13H15NO4. The number of carbonyl (C=O) groups excluding carboxylic acids is 2. The van der Waals surface area contributed by atoms with E-state index in [1.54, 1.807) is 0 Å². The average molecular weight is 249 g/mol. The van der Waals surface area contributed by atoms with Crippen molar-refractivity contribution in [2.24, 2.45) is 0 Å². The summed E-state index contributed by atoms with van der Waals surface area (Å²) in [5.74, 6) is -0.285. The molecule has 1 aromatic carbocycles. The van der Waals surface area contributed by atoms with Gasteiger partial charge in [0.15, 0.2) is 0 Å². The van der Waals surface area contributed by atoms with Crippen LogP contribution in [0.3, 0.4) is 0 Å². The van der Waals surface area contributed by atoms with E-state index in [0.29, 0.717) is 6.42 Å². The zero-order chi connectivity index (χ0) is 13.0. The normalized spacial score (nSPS) is 19.1.